The lowest BCUT2D eigenvalue weighted by atomic mass is 10.00. The van der Waals surface area contributed by atoms with Gasteiger partial charge in [0.1, 0.15) is 16.9 Å². The maximum absolute atomic E-state index is 12.8. The van der Waals surface area contributed by atoms with E-state index in [1.54, 1.807) is 24.3 Å². The zero-order valence-electron chi connectivity index (χ0n) is 15.9. The highest BCUT2D eigenvalue weighted by atomic mass is 16.4. The molecule has 2 heterocycles. The molecule has 0 atom stereocenters. The number of aromatic hydroxyl groups is 1. The smallest absolute Gasteiger partial charge is 0.349 e. The molecular weight excluding hydrogens is 374 g/mol. The minimum atomic E-state index is -0.622. The molecule has 0 saturated heterocycles. The Bertz CT molecular complexity index is 1350. The van der Waals surface area contributed by atoms with Gasteiger partial charge >= 0.3 is 5.63 Å². The van der Waals surface area contributed by atoms with Gasteiger partial charge in [-0.3, -0.25) is 0 Å². The lowest BCUT2D eigenvalue weighted by Crippen LogP contribution is -2.05. The van der Waals surface area contributed by atoms with E-state index in [-0.39, 0.29) is 11.3 Å². The second kappa shape index (κ2) is 7.33. The largest absolute Gasteiger partial charge is 0.506 e. The number of hydrogen-bond acceptors (Lipinski definition) is 4. The predicted octanol–water partition coefficient (Wildman–Crippen LogP) is 5.89. The van der Waals surface area contributed by atoms with Gasteiger partial charge in [0.15, 0.2) is 0 Å². The van der Waals surface area contributed by atoms with Gasteiger partial charge in [-0.2, -0.15) is 0 Å². The third kappa shape index (κ3) is 3.14. The SMILES string of the molecule is O=c1oc2ccccc2c(O)c1-c1cc(-c2ccccc2)cc(-c2ccccc2)n1. The second-order valence-electron chi connectivity index (χ2n) is 6.97. The Hall–Kier alpha value is -4.18. The molecule has 0 spiro atoms. The minimum Gasteiger partial charge on any atom is -0.506 e. The van der Waals surface area contributed by atoms with Gasteiger partial charge in [-0.15, -0.1) is 0 Å². The quantitative estimate of drug-likeness (QED) is 0.389. The molecule has 0 fully saturated rings. The van der Waals surface area contributed by atoms with E-state index in [0.717, 1.165) is 16.7 Å². The molecule has 0 amide bonds. The molecule has 0 radical (unpaired) electrons. The number of para-hydroxylation sites is 1. The van der Waals surface area contributed by atoms with E-state index in [1.807, 2.05) is 72.8 Å². The summed E-state index contributed by atoms with van der Waals surface area (Å²) >= 11 is 0. The monoisotopic (exact) mass is 391 g/mol. The maximum Gasteiger partial charge on any atom is 0.349 e. The van der Waals surface area contributed by atoms with Crippen molar-refractivity contribution in [1.82, 2.24) is 4.98 Å². The average molecular weight is 391 g/mol. The van der Waals surface area contributed by atoms with Crippen molar-refractivity contribution < 1.29 is 9.52 Å². The van der Waals surface area contributed by atoms with Gasteiger partial charge in [0.05, 0.1) is 16.8 Å². The van der Waals surface area contributed by atoms with Crippen LogP contribution in [0.4, 0.5) is 0 Å². The third-order valence-electron chi connectivity index (χ3n) is 5.04. The number of fused-ring (bicyclic) bond motifs is 1. The molecule has 144 valence electrons. The van der Waals surface area contributed by atoms with E-state index >= 15 is 0 Å². The lowest BCUT2D eigenvalue weighted by molar-refractivity contribution is 0.471. The number of hydrogen-bond donors (Lipinski definition) is 1. The molecule has 0 bridgehead atoms. The van der Waals surface area contributed by atoms with E-state index in [4.69, 9.17) is 9.40 Å². The molecule has 3 aromatic carbocycles. The Morgan fingerprint density at radius 3 is 2.00 bits per heavy atom. The van der Waals surface area contributed by atoms with Crippen molar-refractivity contribution in [3.63, 3.8) is 0 Å². The Morgan fingerprint density at radius 2 is 1.27 bits per heavy atom. The maximum atomic E-state index is 12.8. The summed E-state index contributed by atoms with van der Waals surface area (Å²) in [5.74, 6) is -0.126. The van der Waals surface area contributed by atoms with Gasteiger partial charge in [-0.25, -0.2) is 9.78 Å². The van der Waals surface area contributed by atoms with Gasteiger partial charge in [-0.05, 0) is 35.4 Å². The summed E-state index contributed by atoms with van der Waals surface area (Å²) < 4.78 is 5.46. The summed E-state index contributed by atoms with van der Waals surface area (Å²) in [6.45, 7) is 0. The fraction of sp³-hybridized carbons (Fsp3) is 0. The first-order valence-electron chi connectivity index (χ1n) is 9.59. The number of pyridine rings is 1. The minimum absolute atomic E-state index is 0.0589. The van der Waals surface area contributed by atoms with Crippen LogP contribution in [-0.2, 0) is 0 Å². The second-order valence-corrected chi connectivity index (χ2v) is 6.97. The van der Waals surface area contributed by atoms with Crippen LogP contribution in [0.3, 0.4) is 0 Å². The first kappa shape index (κ1) is 17.9. The topological polar surface area (TPSA) is 63.3 Å². The van der Waals surface area contributed by atoms with Crippen LogP contribution in [-0.4, -0.2) is 10.1 Å². The van der Waals surface area contributed by atoms with Crippen LogP contribution < -0.4 is 5.63 Å². The molecule has 30 heavy (non-hydrogen) atoms. The Labute approximate surface area is 172 Å². The van der Waals surface area contributed by atoms with Crippen LogP contribution in [0.1, 0.15) is 0 Å². The molecule has 2 aromatic heterocycles. The fourth-order valence-electron chi connectivity index (χ4n) is 3.57. The summed E-state index contributed by atoms with van der Waals surface area (Å²) in [5.41, 5.74) is 3.65. The average Bonchev–Trinajstić information content (AvgIpc) is 2.80. The summed E-state index contributed by atoms with van der Waals surface area (Å²) in [6.07, 6.45) is 0. The van der Waals surface area contributed by atoms with E-state index in [1.165, 1.54) is 0 Å². The molecule has 0 aliphatic rings. The molecular formula is C26H17NO3. The van der Waals surface area contributed by atoms with Crippen LogP contribution in [0.2, 0.25) is 0 Å². The van der Waals surface area contributed by atoms with Gasteiger partial charge in [0.2, 0.25) is 0 Å². The number of nitrogens with zero attached hydrogens (tertiary/aromatic N) is 1. The summed E-state index contributed by atoms with van der Waals surface area (Å²) in [6, 6.07) is 30.3. The van der Waals surface area contributed by atoms with Gasteiger partial charge in [0, 0.05) is 5.56 Å². The van der Waals surface area contributed by atoms with Crippen molar-refractivity contribution in [1.29, 1.82) is 0 Å². The van der Waals surface area contributed by atoms with Crippen molar-refractivity contribution in [2.75, 3.05) is 0 Å². The number of rotatable bonds is 3. The molecule has 5 aromatic rings. The van der Waals surface area contributed by atoms with Crippen LogP contribution in [0.15, 0.2) is 106 Å². The molecule has 4 nitrogen and oxygen atoms in total. The van der Waals surface area contributed by atoms with Gasteiger partial charge in [0.25, 0.3) is 0 Å². The standard InChI is InChI=1S/C26H17NO3/c28-25-20-13-7-8-14-23(20)30-26(29)24(25)22-16-19(17-9-3-1-4-10-17)15-21(27-22)18-11-5-2-6-12-18/h1-16,28H. The van der Waals surface area contributed by atoms with Crippen molar-refractivity contribution in [3.8, 4) is 39.4 Å². The van der Waals surface area contributed by atoms with E-state index in [9.17, 15) is 9.90 Å². The van der Waals surface area contributed by atoms with Crippen LogP contribution in [0.5, 0.6) is 5.75 Å². The zero-order valence-corrected chi connectivity index (χ0v) is 15.9. The zero-order chi connectivity index (χ0) is 20.5. The fourth-order valence-corrected chi connectivity index (χ4v) is 3.57. The van der Waals surface area contributed by atoms with Crippen LogP contribution in [0, 0.1) is 0 Å². The van der Waals surface area contributed by atoms with Crippen molar-refractivity contribution in [3.05, 3.63) is 107 Å². The molecule has 4 heteroatoms. The Kier molecular flexibility index (Phi) is 4.37. The highest BCUT2D eigenvalue weighted by Crippen LogP contribution is 2.35. The molecule has 0 unspecified atom stereocenters. The normalized spacial score (nSPS) is 10.9. The lowest BCUT2D eigenvalue weighted by Gasteiger charge is -2.11. The highest BCUT2D eigenvalue weighted by molar-refractivity contribution is 5.90. The van der Waals surface area contributed by atoms with E-state index in [2.05, 4.69) is 0 Å². The van der Waals surface area contributed by atoms with Crippen molar-refractivity contribution in [2.45, 2.75) is 0 Å². The first-order valence-corrected chi connectivity index (χ1v) is 9.59. The summed E-state index contributed by atoms with van der Waals surface area (Å²) in [4.78, 5) is 17.5. The molecule has 1 N–H and O–H groups in total. The summed E-state index contributed by atoms with van der Waals surface area (Å²) in [7, 11) is 0. The van der Waals surface area contributed by atoms with Crippen molar-refractivity contribution >= 4 is 11.0 Å². The number of benzene rings is 3. The predicted molar refractivity (Wildman–Crippen MR) is 118 cm³/mol. The van der Waals surface area contributed by atoms with Crippen molar-refractivity contribution in [2.24, 2.45) is 0 Å². The van der Waals surface area contributed by atoms with Gasteiger partial charge < -0.3 is 9.52 Å². The van der Waals surface area contributed by atoms with Gasteiger partial charge in [-0.1, -0.05) is 72.8 Å². The molecule has 0 aliphatic heterocycles. The Balaban J connectivity index is 1.81. The Morgan fingerprint density at radius 1 is 0.667 bits per heavy atom. The molecule has 5 rings (SSSR count). The first-order chi connectivity index (χ1) is 14.7. The summed E-state index contributed by atoms with van der Waals surface area (Å²) in [5, 5.41) is 11.4. The molecule has 0 saturated carbocycles. The highest BCUT2D eigenvalue weighted by Gasteiger charge is 2.19. The van der Waals surface area contributed by atoms with E-state index in [0.29, 0.717) is 22.4 Å². The van der Waals surface area contributed by atoms with E-state index < -0.39 is 5.63 Å². The van der Waals surface area contributed by atoms with Crippen LogP contribution >= 0.6 is 0 Å². The molecule has 0 aliphatic carbocycles. The third-order valence-corrected chi connectivity index (χ3v) is 5.04. The number of aromatic nitrogens is 1. The van der Waals surface area contributed by atoms with Crippen LogP contribution in [0.25, 0.3) is 44.6 Å².